The Bertz CT molecular complexity index is 1050. The molecule has 0 fully saturated rings. The van der Waals surface area contributed by atoms with Crippen LogP contribution in [0.25, 0.3) is 11.0 Å². The SMILES string of the molecule is CC(C)n1cnc2cc(C(=O)N(CC(=O)O)Cc3cccc(F)c3F)ccc21. The van der Waals surface area contributed by atoms with E-state index in [2.05, 4.69) is 4.98 Å². The van der Waals surface area contributed by atoms with Crippen molar-refractivity contribution in [3.05, 3.63) is 65.5 Å². The van der Waals surface area contributed by atoms with Gasteiger partial charge in [0.25, 0.3) is 5.91 Å². The number of carbonyl (C=O) groups is 2. The number of aromatic nitrogens is 2. The molecule has 0 aliphatic heterocycles. The minimum absolute atomic E-state index is 0.0974. The highest BCUT2D eigenvalue weighted by Crippen LogP contribution is 2.21. The van der Waals surface area contributed by atoms with Gasteiger partial charge in [0, 0.05) is 23.7 Å². The van der Waals surface area contributed by atoms with Crippen LogP contribution in [0.2, 0.25) is 0 Å². The largest absolute Gasteiger partial charge is 0.480 e. The summed E-state index contributed by atoms with van der Waals surface area (Å²) in [4.78, 5) is 29.3. The Morgan fingerprint density at radius 3 is 2.64 bits per heavy atom. The first-order valence-corrected chi connectivity index (χ1v) is 8.68. The van der Waals surface area contributed by atoms with Crippen LogP contribution >= 0.6 is 0 Å². The lowest BCUT2D eigenvalue weighted by atomic mass is 10.1. The zero-order valence-electron chi connectivity index (χ0n) is 15.4. The molecule has 0 aliphatic carbocycles. The molecule has 146 valence electrons. The summed E-state index contributed by atoms with van der Waals surface area (Å²) >= 11 is 0. The second-order valence-corrected chi connectivity index (χ2v) is 6.72. The summed E-state index contributed by atoms with van der Waals surface area (Å²) in [7, 11) is 0. The number of hydrogen-bond acceptors (Lipinski definition) is 3. The van der Waals surface area contributed by atoms with E-state index in [1.165, 1.54) is 12.1 Å². The molecule has 8 heteroatoms. The zero-order chi connectivity index (χ0) is 20.4. The van der Waals surface area contributed by atoms with Gasteiger partial charge < -0.3 is 14.6 Å². The van der Waals surface area contributed by atoms with Crippen molar-refractivity contribution in [3.8, 4) is 0 Å². The fraction of sp³-hybridized carbons (Fsp3) is 0.250. The van der Waals surface area contributed by atoms with Crippen LogP contribution in [0.15, 0.2) is 42.7 Å². The van der Waals surface area contributed by atoms with Crippen LogP contribution < -0.4 is 0 Å². The average Bonchev–Trinajstić information content (AvgIpc) is 3.07. The first-order chi connectivity index (χ1) is 13.3. The van der Waals surface area contributed by atoms with Gasteiger partial charge in [0.05, 0.1) is 17.4 Å². The molecule has 0 aliphatic rings. The molecule has 1 amide bonds. The number of imidazole rings is 1. The van der Waals surface area contributed by atoms with E-state index in [1.807, 2.05) is 18.4 Å². The second kappa shape index (κ2) is 7.75. The summed E-state index contributed by atoms with van der Waals surface area (Å²) < 4.78 is 29.4. The maximum absolute atomic E-state index is 14.0. The van der Waals surface area contributed by atoms with Gasteiger partial charge in [0.1, 0.15) is 6.54 Å². The van der Waals surface area contributed by atoms with Gasteiger partial charge >= 0.3 is 5.97 Å². The van der Waals surface area contributed by atoms with Gasteiger partial charge in [-0.1, -0.05) is 12.1 Å². The summed E-state index contributed by atoms with van der Waals surface area (Å²) in [6.07, 6.45) is 1.67. The van der Waals surface area contributed by atoms with E-state index in [0.717, 1.165) is 16.5 Å². The normalized spacial score (nSPS) is 11.2. The van der Waals surface area contributed by atoms with E-state index in [1.54, 1.807) is 24.5 Å². The molecular weight excluding hydrogens is 368 g/mol. The average molecular weight is 387 g/mol. The zero-order valence-corrected chi connectivity index (χ0v) is 15.4. The molecule has 3 rings (SSSR count). The van der Waals surface area contributed by atoms with Crippen LogP contribution in [0.5, 0.6) is 0 Å². The van der Waals surface area contributed by atoms with Crippen molar-refractivity contribution in [2.24, 2.45) is 0 Å². The molecule has 0 atom stereocenters. The number of hydrogen-bond donors (Lipinski definition) is 1. The maximum Gasteiger partial charge on any atom is 0.323 e. The molecule has 0 unspecified atom stereocenters. The van der Waals surface area contributed by atoms with Gasteiger partial charge in [-0.15, -0.1) is 0 Å². The number of nitrogens with zero attached hydrogens (tertiary/aromatic N) is 3. The highest BCUT2D eigenvalue weighted by atomic mass is 19.2. The molecule has 0 saturated heterocycles. The van der Waals surface area contributed by atoms with Gasteiger partial charge in [0.2, 0.25) is 0 Å². The minimum atomic E-state index is -1.25. The molecule has 3 aromatic rings. The topological polar surface area (TPSA) is 75.4 Å². The van der Waals surface area contributed by atoms with E-state index < -0.39 is 30.1 Å². The number of amides is 1. The number of aliphatic carboxylic acids is 1. The molecule has 0 bridgehead atoms. The van der Waals surface area contributed by atoms with Gasteiger partial charge in [-0.05, 0) is 38.1 Å². The number of carboxylic acid groups (broad SMARTS) is 1. The Morgan fingerprint density at radius 2 is 1.96 bits per heavy atom. The predicted octanol–water partition coefficient (Wildman–Crippen LogP) is 3.62. The monoisotopic (exact) mass is 387 g/mol. The number of rotatable bonds is 6. The molecule has 0 spiro atoms. The number of fused-ring (bicyclic) bond motifs is 1. The number of carboxylic acids is 1. The number of benzene rings is 2. The predicted molar refractivity (Wildman–Crippen MR) is 98.9 cm³/mol. The quantitative estimate of drug-likeness (QED) is 0.701. The smallest absolute Gasteiger partial charge is 0.323 e. The fourth-order valence-corrected chi connectivity index (χ4v) is 3.00. The Balaban J connectivity index is 1.94. The van der Waals surface area contributed by atoms with E-state index in [4.69, 9.17) is 5.11 Å². The Morgan fingerprint density at radius 1 is 1.21 bits per heavy atom. The van der Waals surface area contributed by atoms with E-state index >= 15 is 0 Å². The van der Waals surface area contributed by atoms with Crippen LogP contribution in [0.1, 0.15) is 35.8 Å². The van der Waals surface area contributed by atoms with Crippen LogP contribution in [-0.2, 0) is 11.3 Å². The standard InChI is InChI=1S/C20H19F2N3O3/c1-12(2)25-11-23-16-8-13(6-7-17(16)25)20(28)24(10-18(26)27)9-14-4-3-5-15(21)19(14)22/h3-8,11-12H,9-10H2,1-2H3,(H,26,27). The Labute approximate surface area is 160 Å². The van der Waals surface area contributed by atoms with E-state index in [0.29, 0.717) is 5.52 Å². The maximum atomic E-state index is 14.0. The van der Waals surface area contributed by atoms with Crippen molar-refractivity contribution in [2.45, 2.75) is 26.4 Å². The van der Waals surface area contributed by atoms with Crippen molar-refractivity contribution in [1.82, 2.24) is 14.5 Å². The first kappa shape index (κ1) is 19.5. The van der Waals surface area contributed by atoms with Crippen molar-refractivity contribution >= 4 is 22.9 Å². The Hall–Kier alpha value is -3.29. The van der Waals surface area contributed by atoms with E-state index in [9.17, 15) is 18.4 Å². The third-order valence-electron chi connectivity index (χ3n) is 4.38. The van der Waals surface area contributed by atoms with Gasteiger partial charge in [-0.3, -0.25) is 9.59 Å². The van der Waals surface area contributed by atoms with Crippen LogP contribution in [0.4, 0.5) is 8.78 Å². The molecule has 0 radical (unpaired) electrons. The van der Waals surface area contributed by atoms with Gasteiger partial charge in [-0.25, -0.2) is 13.8 Å². The summed E-state index contributed by atoms with van der Waals surface area (Å²) in [5, 5.41) is 9.14. The number of halogens is 2. The molecule has 1 aromatic heterocycles. The molecule has 1 heterocycles. The third-order valence-corrected chi connectivity index (χ3v) is 4.38. The molecule has 0 saturated carbocycles. The summed E-state index contributed by atoms with van der Waals surface area (Å²) in [5.41, 5.74) is 1.55. The Kier molecular flexibility index (Phi) is 5.39. The van der Waals surface area contributed by atoms with Gasteiger partial charge in [-0.2, -0.15) is 0 Å². The lowest BCUT2D eigenvalue weighted by Gasteiger charge is -2.21. The third kappa shape index (κ3) is 3.85. The first-order valence-electron chi connectivity index (χ1n) is 8.68. The number of carbonyl (C=O) groups excluding carboxylic acids is 1. The molecular formula is C20H19F2N3O3. The van der Waals surface area contributed by atoms with Crippen LogP contribution in [0, 0.1) is 11.6 Å². The molecule has 6 nitrogen and oxygen atoms in total. The van der Waals surface area contributed by atoms with Crippen molar-refractivity contribution in [1.29, 1.82) is 0 Å². The second-order valence-electron chi connectivity index (χ2n) is 6.72. The van der Waals surface area contributed by atoms with E-state index in [-0.39, 0.29) is 23.7 Å². The van der Waals surface area contributed by atoms with Gasteiger partial charge in [0.15, 0.2) is 11.6 Å². The lowest BCUT2D eigenvalue weighted by Crippen LogP contribution is -2.35. The fourth-order valence-electron chi connectivity index (χ4n) is 3.00. The summed E-state index contributed by atoms with van der Waals surface area (Å²) in [6, 6.07) is 8.63. The summed E-state index contributed by atoms with van der Waals surface area (Å²) in [6.45, 7) is 2.99. The summed E-state index contributed by atoms with van der Waals surface area (Å²) in [5.74, 6) is -4.01. The lowest BCUT2D eigenvalue weighted by molar-refractivity contribution is -0.137. The van der Waals surface area contributed by atoms with Crippen LogP contribution in [-0.4, -0.2) is 38.0 Å². The minimum Gasteiger partial charge on any atom is -0.480 e. The molecule has 28 heavy (non-hydrogen) atoms. The van der Waals surface area contributed by atoms with Crippen molar-refractivity contribution < 1.29 is 23.5 Å². The van der Waals surface area contributed by atoms with Crippen molar-refractivity contribution in [3.63, 3.8) is 0 Å². The van der Waals surface area contributed by atoms with Crippen LogP contribution in [0.3, 0.4) is 0 Å². The molecule has 1 N–H and O–H groups in total. The molecule has 2 aromatic carbocycles. The van der Waals surface area contributed by atoms with Crippen molar-refractivity contribution in [2.75, 3.05) is 6.54 Å². The highest BCUT2D eigenvalue weighted by Gasteiger charge is 2.22. The highest BCUT2D eigenvalue weighted by molar-refractivity contribution is 5.98.